The van der Waals surface area contributed by atoms with Gasteiger partial charge in [0, 0.05) is 17.1 Å². The van der Waals surface area contributed by atoms with E-state index in [1.807, 2.05) is 0 Å². The van der Waals surface area contributed by atoms with E-state index in [1.165, 1.54) is 12.1 Å². The van der Waals surface area contributed by atoms with Gasteiger partial charge in [-0.15, -0.1) is 0 Å². The van der Waals surface area contributed by atoms with Crippen molar-refractivity contribution in [2.75, 3.05) is 0 Å². The largest absolute Gasteiger partial charge is 0.253 e. The molecule has 0 bridgehead atoms. The quantitative estimate of drug-likeness (QED) is 0.666. The van der Waals surface area contributed by atoms with Crippen LogP contribution in [0.4, 0.5) is 4.39 Å². The second-order valence-corrected chi connectivity index (χ2v) is 3.84. The summed E-state index contributed by atoms with van der Waals surface area (Å²) < 4.78 is 13.0. The number of benzene rings is 1. The minimum atomic E-state index is -0.406. The zero-order valence-electron chi connectivity index (χ0n) is 7.31. The van der Waals surface area contributed by atoms with Crippen LogP contribution in [0.5, 0.6) is 0 Å². The molecule has 0 atom stereocenters. The summed E-state index contributed by atoms with van der Waals surface area (Å²) in [6.07, 6.45) is 0. The first-order chi connectivity index (χ1) is 6.58. The monoisotopic (exact) mass is 229 g/mol. The summed E-state index contributed by atoms with van der Waals surface area (Å²) in [6.45, 7) is 1.80. The van der Waals surface area contributed by atoms with Crippen LogP contribution in [0.25, 0.3) is 10.9 Å². The van der Waals surface area contributed by atoms with Crippen molar-refractivity contribution >= 4 is 34.1 Å². The second kappa shape index (κ2) is 3.37. The van der Waals surface area contributed by atoms with Gasteiger partial charge in [0.15, 0.2) is 0 Å². The van der Waals surface area contributed by atoms with Crippen LogP contribution < -0.4 is 0 Å². The van der Waals surface area contributed by atoms with Crippen LogP contribution in [0.2, 0.25) is 10.0 Å². The smallest absolute Gasteiger partial charge is 0.126 e. The number of hydrogen-bond acceptors (Lipinski definition) is 1. The SMILES string of the molecule is Cc1cc(Cl)c2c(Cl)cc(F)cc2n1. The number of nitrogens with zero attached hydrogens (tertiary/aromatic N) is 1. The molecule has 0 N–H and O–H groups in total. The average molecular weight is 230 g/mol. The summed E-state index contributed by atoms with van der Waals surface area (Å²) >= 11 is 11.8. The van der Waals surface area contributed by atoms with Crippen molar-refractivity contribution in [1.82, 2.24) is 4.98 Å². The number of rotatable bonds is 0. The lowest BCUT2D eigenvalue weighted by Crippen LogP contribution is -1.87. The van der Waals surface area contributed by atoms with Gasteiger partial charge in [-0.25, -0.2) is 4.39 Å². The summed E-state index contributed by atoms with van der Waals surface area (Å²) in [7, 11) is 0. The summed E-state index contributed by atoms with van der Waals surface area (Å²) in [5, 5.41) is 1.38. The molecule has 0 saturated carbocycles. The highest BCUT2D eigenvalue weighted by molar-refractivity contribution is 6.42. The molecule has 14 heavy (non-hydrogen) atoms. The van der Waals surface area contributed by atoms with Crippen molar-refractivity contribution in [3.05, 3.63) is 39.8 Å². The lowest BCUT2D eigenvalue weighted by molar-refractivity contribution is 0.629. The normalized spacial score (nSPS) is 10.9. The van der Waals surface area contributed by atoms with E-state index in [9.17, 15) is 4.39 Å². The van der Waals surface area contributed by atoms with Crippen molar-refractivity contribution in [3.8, 4) is 0 Å². The molecule has 2 aromatic rings. The molecule has 1 nitrogen and oxygen atoms in total. The molecule has 0 amide bonds. The Labute approximate surface area is 90.5 Å². The van der Waals surface area contributed by atoms with Gasteiger partial charge in [-0.2, -0.15) is 0 Å². The maximum Gasteiger partial charge on any atom is 0.126 e. The first-order valence-corrected chi connectivity index (χ1v) is 4.75. The Bertz CT molecular complexity index is 468. The van der Waals surface area contributed by atoms with Crippen LogP contribution in [-0.4, -0.2) is 4.98 Å². The van der Waals surface area contributed by atoms with Gasteiger partial charge >= 0.3 is 0 Å². The Kier molecular flexibility index (Phi) is 2.33. The number of pyridine rings is 1. The number of halogens is 3. The molecular weight excluding hydrogens is 224 g/mol. The van der Waals surface area contributed by atoms with Crippen molar-refractivity contribution < 1.29 is 4.39 Å². The maximum atomic E-state index is 13.0. The van der Waals surface area contributed by atoms with Gasteiger partial charge in [-0.05, 0) is 19.1 Å². The van der Waals surface area contributed by atoms with Gasteiger partial charge in [0.2, 0.25) is 0 Å². The molecule has 1 aromatic heterocycles. The first kappa shape index (κ1) is 9.69. The van der Waals surface area contributed by atoms with Crippen molar-refractivity contribution in [2.45, 2.75) is 6.92 Å². The summed E-state index contributed by atoms with van der Waals surface area (Å²) in [4.78, 5) is 4.15. The molecule has 4 heteroatoms. The Balaban J connectivity index is 2.94. The third-order valence-electron chi connectivity index (χ3n) is 1.91. The van der Waals surface area contributed by atoms with Crippen LogP contribution in [0.3, 0.4) is 0 Å². The fraction of sp³-hybridized carbons (Fsp3) is 0.100. The number of fused-ring (bicyclic) bond motifs is 1. The molecule has 0 radical (unpaired) electrons. The highest BCUT2D eigenvalue weighted by Gasteiger charge is 2.08. The Morgan fingerprint density at radius 1 is 1.14 bits per heavy atom. The molecule has 72 valence electrons. The van der Waals surface area contributed by atoms with Crippen molar-refractivity contribution in [2.24, 2.45) is 0 Å². The first-order valence-electron chi connectivity index (χ1n) is 4.00. The predicted molar refractivity (Wildman–Crippen MR) is 56.5 cm³/mol. The van der Waals surface area contributed by atoms with Gasteiger partial charge in [0.25, 0.3) is 0 Å². The summed E-state index contributed by atoms with van der Waals surface area (Å²) in [5.74, 6) is -0.406. The molecule has 1 heterocycles. The third-order valence-corrected chi connectivity index (χ3v) is 2.50. The topological polar surface area (TPSA) is 12.9 Å². The molecule has 1 aromatic carbocycles. The summed E-state index contributed by atoms with van der Waals surface area (Å²) in [5.41, 5.74) is 1.23. The second-order valence-electron chi connectivity index (χ2n) is 3.03. The number of hydrogen-bond donors (Lipinski definition) is 0. The lowest BCUT2D eigenvalue weighted by Gasteiger charge is -2.04. The third kappa shape index (κ3) is 1.56. The van der Waals surface area contributed by atoms with E-state index >= 15 is 0 Å². The lowest BCUT2D eigenvalue weighted by atomic mass is 10.2. The minimum Gasteiger partial charge on any atom is -0.253 e. The molecule has 2 rings (SSSR count). The fourth-order valence-electron chi connectivity index (χ4n) is 1.36. The molecule has 0 fully saturated rings. The van der Waals surface area contributed by atoms with Crippen LogP contribution in [0.1, 0.15) is 5.69 Å². The van der Waals surface area contributed by atoms with E-state index in [0.29, 0.717) is 15.9 Å². The zero-order valence-corrected chi connectivity index (χ0v) is 8.83. The average Bonchev–Trinajstić information content (AvgIpc) is 1.99. The van der Waals surface area contributed by atoms with E-state index < -0.39 is 5.82 Å². The van der Waals surface area contributed by atoms with Crippen LogP contribution in [0, 0.1) is 12.7 Å². The molecule has 0 spiro atoms. The summed E-state index contributed by atoms with van der Waals surface area (Å²) in [6, 6.07) is 4.25. The highest BCUT2D eigenvalue weighted by Crippen LogP contribution is 2.30. The van der Waals surface area contributed by atoms with E-state index in [2.05, 4.69) is 4.98 Å². The standard InChI is InChI=1S/C10H6Cl2FN/c1-5-2-7(11)10-8(12)3-6(13)4-9(10)14-5/h2-4H,1H3. The molecule has 0 aliphatic rings. The van der Waals surface area contributed by atoms with Crippen LogP contribution in [0.15, 0.2) is 18.2 Å². The van der Waals surface area contributed by atoms with E-state index in [1.54, 1.807) is 13.0 Å². The maximum absolute atomic E-state index is 13.0. The predicted octanol–water partition coefficient (Wildman–Crippen LogP) is 3.99. The Morgan fingerprint density at radius 3 is 2.50 bits per heavy atom. The van der Waals surface area contributed by atoms with Crippen LogP contribution >= 0.6 is 23.2 Å². The van der Waals surface area contributed by atoms with E-state index in [4.69, 9.17) is 23.2 Å². The molecule has 0 unspecified atom stereocenters. The van der Waals surface area contributed by atoms with Gasteiger partial charge in [0.05, 0.1) is 15.6 Å². The zero-order chi connectivity index (χ0) is 10.3. The Hall–Kier alpha value is -0.860. The Morgan fingerprint density at radius 2 is 1.79 bits per heavy atom. The molecular formula is C10H6Cl2FN. The molecule has 0 aliphatic heterocycles. The van der Waals surface area contributed by atoms with E-state index in [0.717, 1.165) is 5.69 Å². The van der Waals surface area contributed by atoms with Gasteiger partial charge in [-0.3, -0.25) is 4.98 Å². The van der Waals surface area contributed by atoms with Crippen molar-refractivity contribution in [3.63, 3.8) is 0 Å². The van der Waals surface area contributed by atoms with E-state index in [-0.39, 0.29) is 5.02 Å². The van der Waals surface area contributed by atoms with Gasteiger partial charge in [-0.1, -0.05) is 23.2 Å². The van der Waals surface area contributed by atoms with Gasteiger partial charge in [0.1, 0.15) is 5.82 Å². The number of aryl methyl sites for hydroxylation is 1. The van der Waals surface area contributed by atoms with Crippen molar-refractivity contribution in [1.29, 1.82) is 0 Å². The molecule has 0 aliphatic carbocycles. The van der Waals surface area contributed by atoms with Gasteiger partial charge < -0.3 is 0 Å². The highest BCUT2D eigenvalue weighted by atomic mass is 35.5. The fourth-order valence-corrected chi connectivity index (χ4v) is 2.07. The number of aromatic nitrogens is 1. The minimum absolute atomic E-state index is 0.289. The molecule has 0 saturated heterocycles. The van der Waals surface area contributed by atoms with Crippen LogP contribution in [-0.2, 0) is 0 Å².